The number of amides is 1. The number of benzene rings is 1. The Kier molecular flexibility index (Phi) is 6.63. The van der Waals surface area contributed by atoms with Crippen molar-refractivity contribution >= 4 is 23.4 Å². The van der Waals surface area contributed by atoms with Gasteiger partial charge in [-0.15, -0.1) is 0 Å². The molecular weight excluding hydrogens is 388 g/mol. The van der Waals surface area contributed by atoms with E-state index in [1.165, 1.54) is 16.7 Å². The molecule has 29 heavy (non-hydrogen) atoms. The third-order valence-electron chi connectivity index (χ3n) is 5.49. The van der Waals surface area contributed by atoms with Gasteiger partial charge in [0.2, 0.25) is 5.91 Å². The van der Waals surface area contributed by atoms with Crippen molar-refractivity contribution in [3.05, 3.63) is 52.1 Å². The number of carbonyl (C=O) groups is 1. The Morgan fingerprint density at radius 3 is 2.79 bits per heavy atom. The largest absolute Gasteiger partial charge is 0.370 e. The molecule has 0 radical (unpaired) electrons. The summed E-state index contributed by atoms with van der Waals surface area (Å²) >= 11 is 1.36. The highest BCUT2D eigenvalue weighted by Crippen LogP contribution is 2.29. The van der Waals surface area contributed by atoms with E-state index >= 15 is 0 Å². The number of quaternary nitrogens is 1. The van der Waals surface area contributed by atoms with E-state index in [4.69, 9.17) is 4.74 Å². The van der Waals surface area contributed by atoms with Gasteiger partial charge in [0, 0.05) is 16.9 Å². The molecule has 0 unspecified atom stereocenters. The first kappa shape index (κ1) is 20.1. The first-order valence-corrected chi connectivity index (χ1v) is 11.2. The fourth-order valence-electron chi connectivity index (χ4n) is 3.97. The van der Waals surface area contributed by atoms with E-state index in [-0.39, 0.29) is 17.3 Å². The number of fused-ring (bicyclic) bond motifs is 1. The molecule has 4 rings (SSSR count). The second-order valence-electron chi connectivity index (χ2n) is 7.45. The van der Waals surface area contributed by atoms with Crippen LogP contribution in [0.15, 0.2) is 40.2 Å². The zero-order chi connectivity index (χ0) is 20.1. The molecule has 0 spiro atoms. The Hall–Kier alpha value is -2.16. The van der Waals surface area contributed by atoms with E-state index in [0.717, 1.165) is 74.1 Å². The van der Waals surface area contributed by atoms with Gasteiger partial charge in [0.05, 0.1) is 32.1 Å². The first-order valence-electron chi connectivity index (χ1n) is 10.2. The van der Waals surface area contributed by atoms with Gasteiger partial charge in [-0.05, 0) is 31.4 Å². The summed E-state index contributed by atoms with van der Waals surface area (Å²) in [7, 11) is 0. The smallest absolute Gasteiger partial charge is 0.349 e. The van der Waals surface area contributed by atoms with Gasteiger partial charge in [-0.3, -0.25) is 9.36 Å². The van der Waals surface area contributed by atoms with E-state index < -0.39 is 0 Å². The van der Waals surface area contributed by atoms with E-state index in [2.05, 4.69) is 10.3 Å². The van der Waals surface area contributed by atoms with Gasteiger partial charge in [-0.2, -0.15) is 4.98 Å². The van der Waals surface area contributed by atoms with Crippen LogP contribution in [0.1, 0.15) is 17.7 Å². The van der Waals surface area contributed by atoms with E-state index in [1.54, 1.807) is 0 Å². The number of anilines is 1. The number of hydrogen-bond acceptors (Lipinski definition) is 5. The summed E-state index contributed by atoms with van der Waals surface area (Å²) in [4.78, 5) is 30.8. The van der Waals surface area contributed by atoms with Crippen LogP contribution < -0.4 is 15.9 Å². The highest BCUT2D eigenvalue weighted by atomic mass is 32.2. The normalized spacial score (nSPS) is 16.6. The minimum absolute atomic E-state index is 0.0881. The van der Waals surface area contributed by atoms with Crippen molar-refractivity contribution in [2.75, 3.05) is 43.9 Å². The van der Waals surface area contributed by atoms with Crippen molar-refractivity contribution in [1.82, 2.24) is 9.55 Å². The molecule has 1 fully saturated rings. The molecule has 1 aromatic heterocycles. The standard InChI is InChI=1S/C21H26N4O3S/c26-19(22-16-5-2-1-3-6-16)15-29-20-17-7-4-8-18(17)25(21(27)23-20)10-9-24-11-13-28-14-12-24/h1-3,5-6H,4,7-15H2,(H,22,26)/p+1. The molecule has 2 aliphatic rings. The van der Waals surface area contributed by atoms with Crippen molar-refractivity contribution in [2.45, 2.75) is 30.8 Å². The Bertz CT molecular complexity index is 910. The van der Waals surface area contributed by atoms with Crippen LogP contribution in [0.5, 0.6) is 0 Å². The minimum Gasteiger partial charge on any atom is -0.370 e. The van der Waals surface area contributed by atoms with Crippen LogP contribution in [0.4, 0.5) is 5.69 Å². The monoisotopic (exact) mass is 415 g/mol. The fraction of sp³-hybridized carbons (Fsp3) is 0.476. The molecule has 1 amide bonds. The fourth-order valence-corrected chi connectivity index (χ4v) is 4.85. The number of carbonyl (C=O) groups excluding carboxylic acids is 1. The summed E-state index contributed by atoms with van der Waals surface area (Å²) in [5.74, 6) is 0.158. The minimum atomic E-state index is -0.190. The zero-order valence-electron chi connectivity index (χ0n) is 16.5. The topological polar surface area (TPSA) is 77.7 Å². The molecule has 2 aromatic rings. The Balaban J connectivity index is 1.42. The maximum absolute atomic E-state index is 12.7. The highest BCUT2D eigenvalue weighted by Gasteiger charge is 2.23. The number of thioether (sulfide) groups is 1. The first-order chi connectivity index (χ1) is 14.2. The van der Waals surface area contributed by atoms with Crippen LogP contribution in [0, 0.1) is 0 Å². The summed E-state index contributed by atoms with van der Waals surface area (Å²) in [6, 6.07) is 9.39. The lowest BCUT2D eigenvalue weighted by molar-refractivity contribution is -0.908. The third-order valence-corrected chi connectivity index (χ3v) is 6.50. The molecule has 0 atom stereocenters. The molecule has 1 aliphatic heterocycles. The average molecular weight is 416 g/mol. The Labute approximate surface area is 174 Å². The third kappa shape index (κ3) is 5.07. The van der Waals surface area contributed by atoms with Crippen molar-refractivity contribution in [2.24, 2.45) is 0 Å². The van der Waals surface area contributed by atoms with Gasteiger partial charge in [-0.25, -0.2) is 4.79 Å². The number of nitrogens with one attached hydrogen (secondary N) is 2. The predicted molar refractivity (Wildman–Crippen MR) is 113 cm³/mol. The van der Waals surface area contributed by atoms with Crippen LogP contribution in [0.3, 0.4) is 0 Å². The lowest BCUT2D eigenvalue weighted by Gasteiger charge is -2.24. The molecule has 1 saturated heterocycles. The predicted octanol–water partition coefficient (Wildman–Crippen LogP) is 0.378. The van der Waals surface area contributed by atoms with E-state index in [0.29, 0.717) is 6.54 Å². The molecule has 0 bridgehead atoms. The SMILES string of the molecule is O=C(CSc1nc(=O)n(CC[NH+]2CCOCC2)c2c1CCC2)Nc1ccccc1. The molecule has 1 aromatic carbocycles. The average Bonchev–Trinajstić information content (AvgIpc) is 3.23. The second kappa shape index (κ2) is 9.56. The Morgan fingerprint density at radius 2 is 2.00 bits per heavy atom. The number of rotatable bonds is 7. The van der Waals surface area contributed by atoms with Gasteiger partial charge in [-0.1, -0.05) is 30.0 Å². The van der Waals surface area contributed by atoms with Gasteiger partial charge < -0.3 is 15.0 Å². The number of morpholine rings is 1. The summed E-state index contributed by atoms with van der Waals surface area (Å²) in [5, 5.41) is 3.60. The summed E-state index contributed by atoms with van der Waals surface area (Å²) in [5.41, 5.74) is 2.85. The number of para-hydroxylation sites is 1. The maximum atomic E-state index is 12.7. The molecule has 7 nitrogen and oxygen atoms in total. The van der Waals surface area contributed by atoms with Crippen molar-refractivity contribution in [3.8, 4) is 0 Å². The summed E-state index contributed by atoms with van der Waals surface area (Å²) < 4.78 is 7.27. The maximum Gasteiger partial charge on any atom is 0.349 e. The summed E-state index contributed by atoms with van der Waals surface area (Å²) in [6.07, 6.45) is 2.87. The number of aromatic nitrogens is 2. The van der Waals surface area contributed by atoms with Crippen LogP contribution >= 0.6 is 11.8 Å². The number of hydrogen-bond donors (Lipinski definition) is 2. The van der Waals surface area contributed by atoms with E-state index in [1.807, 2.05) is 34.9 Å². The molecule has 8 heteroatoms. The van der Waals surface area contributed by atoms with Crippen LogP contribution in [-0.4, -0.2) is 54.1 Å². The molecule has 1 aliphatic carbocycles. The van der Waals surface area contributed by atoms with Gasteiger partial charge in [0.1, 0.15) is 18.1 Å². The summed E-state index contributed by atoms with van der Waals surface area (Å²) in [6.45, 7) is 5.19. The quantitative estimate of drug-likeness (QED) is 0.505. The van der Waals surface area contributed by atoms with Crippen LogP contribution in [0.25, 0.3) is 0 Å². The van der Waals surface area contributed by atoms with Gasteiger partial charge in [0.25, 0.3) is 0 Å². The number of ether oxygens (including phenoxy) is 1. The van der Waals surface area contributed by atoms with Crippen molar-refractivity contribution in [1.29, 1.82) is 0 Å². The van der Waals surface area contributed by atoms with Crippen LogP contribution in [-0.2, 0) is 28.9 Å². The van der Waals surface area contributed by atoms with E-state index in [9.17, 15) is 9.59 Å². The van der Waals surface area contributed by atoms with Gasteiger partial charge in [0.15, 0.2) is 0 Å². The lowest BCUT2D eigenvalue weighted by atomic mass is 10.2. The molecule has 2 N–H and O–H groups in total. The van der Waals surface area contributed by atoms with Crippen LogP contribution in [0.2, 0.25) is 0 Å². The van der Waals surface area contributed by atoms with Crippen molar-refractivity contribution < 1.29 is 14.4 Å². The zero-order valence-corrected chi connectivity index (χ0v) is 17.3. The molecule has 0 saturated carbocycles. The van der Waals surface area contributed by atoms with Crippen molar-refractivity contribution in [3.63, 3.8) is 0 Å². The molecular formula is C21H27N4O3S+. The lowest BCUT2D eigenvalue weighted by Crippen LogP contribution is -3.14. The highest BCUT2D eigenvalue weighted by molar-refractivity contribution is 8.00. The number of nitrogens with zero attached hydrogens (tertiary/aromatic N) is 2. The van der Waals surface area contributed by atoms with Gasteiger partial charge >= 0.3 is 5.69 Å². The molecule has 154 valence electrons. The molecule has 2 heterocycles. The second-order valence-corrected chi connectivity index (χ2v) is 8.41. The Morgan fingerprint density at radius 1 is 1.21 bits per heavy atom.